The Bertz CT molecular complexity index is 676. The molecule has 0 aromatic heterocycles. The molecule has 5 heteroatoms. The quantitative estimate of drug-likeness (QED) is 0.756. The molecule has 2 atom stereocenters. The second-order valence-corrected chi connectivity index (χ2v) is 5.88. The molecule has 0 aliphatic heterocycles. The van der Waals surface area contributed by atoms with Gasteiger partial charge in [-0.25, -0.2) is 0 Å². The first kappa shape index (κ1) is 17.5. The van der Waals surface area contributed by atoms with Crippen molar-refractivity contribution in [1.29, 1.82) is 0 Å². The lowest BCUT2D eigenvalue weighted by Crippen LogP contribution is -2.25. The van der Waals surface area contributed by atoms with Gasteiger partial charge < -0.3 is 15.7 Å². The van der Waals surface area contributed by atoms with Gasteiger partial charge >= 0.3 is 0 Å². The highest BCUT2D eigenvalue weighted by Gasteiger charge is 2.13. The monoisotopic (exact) mass is 332 g/mol. The maximum Gasteiger partial charge on any atom is 0.221 e. The molecular formula is C18H21ClN2O2. The third-order valence-electron chi connectivity index (χ3n) is 3.59. The van der Waals surface area contributed by atoms with E-state index < -0.39 is 6.10 Å². The minimum absolute atomic E-state index is 0.0286. The van der Waals surface area contributed by atoms with Crippen LogP contribution in [0.3, 0.4) is 0 Å². The van der Waals surface area contributed by atoms with Gasteiger partial charge in [-0.15, -0.1) is 0 Å². The number of nitrogens with one attached hydrogen (secondary N) is 2. The van der Waals surface area contributed by atoms with Crippen molar-refractivity contribution in [2.45, 2.75) is 26.0 Å². The molecule has 0 radical (unpaired) electrons. The summed E-state index contributed by atoms with van der Waals surface area (Å²) in [6.45, 7) is 3.87. The van der Waals surface area contributed by atoms with E-state index in [1.54, 1.807) is 6.07 Å². The predicted octanol–water partition coefficient (Wildman–Crippen LogP) is 3.68. The number of halogens is 1. The van der Waals surface area contributed by atoms with Gasteiger partial charge in [-0.3, -0.25) is 4.79 Å². The summed E-state index contributed by atoms with van der Waals surface area (Å²) in [6.07, 6.45) is -0.676. The van der Waals surface area contributed by atoms with Crippen LogP contribution in [-0.2, 0) is 4.79 Å². The number of carbonyl (C=O) groups is 1. The van der Waals surface area contributed by atoms with E-state index in [2.05, 4.69) is 10.6 Å². The summed E-state index contributed by atoms with van der Waals surface area (Å²) in [5.74, 6) is -0.100. The Hall–Kier alpha value is -1.88. The number of aliphatic hydroxyl groups is 1. The number of aliphatic hydroxyl groups excluding tert-OH is 1. The maximum atomic E-state index is 11.1. The molecule has 2 rings (SSSR count). The fourth-order valence-corrected chi connectivity index (χ4v) is 2.61. The van der Waals surface area contributed by atoms with Crippen LogP contribution >= 0.6 is 11.6 Å². The van der Waals surface area contributed by atoms with Crippen LogP contribution in [0.25, 0.3) is 0 Å². The average Bonchev–Trinajstić information content (AvgIpc) is 2.52. The predicted molar refractivity (Wildman–Crippen MR) is 93.6 cm³/mol. The van der Waals surface area contributed by atoms with Crippen molar-refractivity contribution in [2.24, 2.45) is 0 Å². The van der Waals surface area contributed by atoms with E-state index >= 15 is 0 Å². The lowest BCUT2D eigenvalue weighted by molar-refractivity contribution is -0.114. The third-order valence-corrected chi connectivity index (χ3v) is 3.93. The molecular weight excluding hydrogens is 312 g/mol. The van der Waals surface area contributed by atoms with E-state index in [9.17, 15) is 9.90 Å². The van der Waals surface area contributed by atoms with Crippen molar-refractivity contribution < 1.29 is 9.90 Å². The molecule has 0 aliphatic carbocycles. The average molecular weight is 333 g/mol. The van der Waals surface area contributed by atoms with Crippen molar-refractivity contribution in [1.82, 2.24) is 5.32 Å². The number of anilines is 1. The molecule has 0 saturated heterocycles. The molecule has 122 valence electrons. The van der Waals surface area contributed by atoms with Gasteiger partial charge in [0.2, 0.25) is 5.91 Å². The Kier molecular flexibility index (Phi) is 6.16. The largest absolute Gasteiger partial charge is 0.387 e. The smallest absolute Gasteiger partial charge is 0.221 e. The molecule has 2 unspecified atom stereocenters. The van der Waals surface area contributed by atoms with E-state index in [0.717, 1.165) is 11.3 Å². The van der Waals surface area contributed by atoms with E-state index in [1.165, 1.54) is 6.92 Å². The van der Waals surface area contributed by atoms with Crippen LogP contribution < -0.4 is 10.6 Å². The fraction of sp³-hybridized carbons (Fsp3) is 0.278. The zero-order valence-corrected chi connectivity index (χ0v) is 14.0. The Labute approximate surface area is 141 Å². The van der Waals surface area contributed by atoms with Gasteiger partial charge in [0.05, 0.1) is 6.10 Å². The highest BCUT2D eigenvalue weighted by Crippen LogP contribution is 2.23. The number of carbonyl (C=O) groups excluding carboxylic acids is 1. The van der Waals surface area contributed by atoms with Gasteiger partial charge in [-0.05, 0) is 30.7 Å². The molecule has 0 heterocycles. The molecule has 0 spiro atoms. The lowest BCUT2D eigenvalue weighted by atomic mass is 10.1. The van der Waals surface area contributed by atoms with Gasteiger partial charge in [0.1, 0.15) is 0 Å². The fourth-order valence-electron chi connectivity index (χ4n) is 2.35. The first-order valence-corrected chi connectivity index (χ1v) is 7.88. The van der Waals surface area contributed by atoms with Gasteiger partial charge in [-0.2, -0.15) is 0 Å². The molecule has 3 N–H and O–H groups in total. The zero-order chi connectivity index (χ0) is 16.8. The Balaban J connectivity index is 1.98. The summed E-state index contributed by atoms with van der Waals surface area (Å²) in [6, 6.07) is 14.9. The summed E-state index contributed by atoms with van der Waals surface area (Å²) < 4.78 is 0. The second-order valence-electron chi connectivity index (χ2n) is 5.47. The van der Waals surface area contributed by atoms with Gasteiger partial charge in [0.25, 0.3) is 0 Å². The first-order chi connectivity index (χ1) is 11.0. The summed E-state index contributed by atoms with van der Waals surface area (Å²) in [5, 5.41) is 16.9. The van der Waals surface area contributed by atoms with Gasteiger partial charge in [0, 0.05) is 35.8 Å². The van der Waals surface area contributed by atoms with Crippen molar-refractivity contribution in [2.75, 3.05) is 11.9 Å². The highest BCUT2D eigenvalue weighted by atomic mass is 35.5. The van der Waals surface area contributed by atoms with Crippen molar-refractivity contribution in [3.8, 4) is 0 Å². The van der Waals surface area contributed by atoms with Crippen LogP contribution in [0.4, 0.5) is 5.69 Å². The summed E-state index contributed by atoms with van der Waals surface area (Å²) in [7, 11) is 0. The van der Waals surface area contributed by atoms with Gasteiger partial charge in [0.15, 0.2) is 0 Å². The molecule has 4 nitrogen and oxygen atoms in total. The third kappa shape index (κ3) is 5.06. The number of hydrogen-bond donors (Lipinski definition) is 3. The topological polar surface area (TPSA) is 61.4 Å². The molecule has 0 bridgehead atoms. The first-order valence-electron chi connectivity index (χ1n) is 7.51. The number of benzene rings is 2. The molecule has 0 fully saturated rings. The number of amides is 1. The molecule has 23 heavy (non-hydrogen) atoms. The molecule has 2 aromatic carbocycles. The minimum atomic E-state index is -0.676. The summed E-state index contributed by atoms with van der Waals surface area (Å²) in [5.41, 5.74) is 2.50. The number of hydrogen-bond acceptors (Lipinski definition) is 3. The molecule has 0 saturated carbocycles. The summed E-state index contributed by atoms with van der Waals surface area (Å²) >= 11 is 6.09. The van der Waals surface area contributed by atoms with Crippen LogP contribution in [0.2, 0.25) is 5.02 Å². The van der Waals surface area contributed by atoms with E-state index in [4.69, 9.17) is 11.6 Å². The van der Waals surface area contributed by atoms with Crippen LogP contribution in [0.15, 0.2) is 48.5 Å². The zero-order valence-electron chi connectivity index (χ0n) is 13.2. The lowest BCUT2D eigenvalue weighted by Gasteiger charge is -2.19. The Morgan fingerprint density at radius 1 is 1.22 bits per heavy atom. The van der Waals surface area contributed by atoms with E-state index in [-0.39, 0.29) is 11.9 Å². The van der Waals surface area contributed by atoms with E-state index in [0.29, 0.717) is 17.1 Å². The standard InChI is InChI=1S/C18H21ClN2O2/c1-12(14-6-5-7-15(10-14)21-13(2)22)20-11-18(23)16-8-3-4-9-17(16)19/h3-10,12,18,20,23H,11H2,1-2H3,(H,21,22). The number of rotatable bonds is 6. The van der Waals surface area contributed by atoms with Gasteiger partial charge in [-0.1, -0.05) is 41.9 Å². The molecule has 2 aromatic rings. The maximum absolute atomic E-state index is 11.1. The highest BCUT2D eigenvalue weighted by molar-refractivity contribution is 6.31. The van der Waals surface area contributed by atoms with Crippen LogP contribution in [-0.4, -0.2) is 17.6 Å². The summed E-state index contributed by atoms with van der Waals surface area (Å²) in [4.78, 5) is 11.1. The Morgan fingerprint density at radius 3 is 2.65 bits per heavy atom. The SMILES string of the molecule is CC(=O)Nc1cccc(C(C)NCC(O)c2ccccc2Cl)c1. The normalized spacial score (nSPS) is 13.4. The molecule has 0 aliphatic rings. The second kappa shape index (κ2) is 8.11. The van der Waals surface area contributed by atoms with Crippen LogP contribution in [0, 0.1) is 0 Å². The molecule has 1 amide bonds. The van der Waals surface area contributed by atoms with Crippen molar-refractivity contribution in [3.05, 3.63) is 64.7 Å². The van der Waals surface area contributed by atoms with Crippen LogP contribution in [0.5, 0.6) is 0 Å². The van der Waals surface area contributed by atoms with Crippen molar-refractivity contribution >= 4 is 23.2 Å². The van der Waals surface area contributed by atoms with E-state index in [1.807, 2.05) is 49.4 Å². The minimum Gasteiger partial charge on any atom is -0.387 e. The van der Waals surface area contributed by atoms with Crippen molar-refractivity contribution in [3.63, 3.8) is 0 Å². The van der Waals surface area contributed by atoms with Crippen LogP contribution in [0.1, 0.15) is 37.1 Å². The Morgan fingerprint density at radius 2 is 1.96 bits per heavy atom.